The van der Waals surface area contributed by atoms with Crippen molar-refractivity contribution in [2.24, 2.45) is 0 Å². The summed E-state index contributed by atoms with van der Waals surface area (Å²) >= 11 is 0. The van der Waals surface area contributed by atoms with Gasteiger partial charge in [-0.2, -0.15) is 5.10 Å². The highest BCUT2D eigenvalue weighted by molar-refractivity contribution is 5.91. The third-order valence-corrected chi connectivity index (χ3v) is 3.58. The highest BCUT2D eigenvalue weighted by Crippen LogP contribution is 2.34. The van der Waals surface area contributed by atoms with E-state index in [1.54, 1.807) is 18.3 Å². The van der Waals surface area contributed by atoms with Gasteiger partial charge in [-0.05, 0) is 42.0 Å². The molecule has 0 aliphatic rings. The first-order valence-electron chi connectivity index (χ1n) is 6.97. The molecule has 0 aliphatic carbocycles. The topological polar surface area (TPSA) is 30.2 Å². The number of halogens is 1. The molecule has 0 atom stereocenters. The average Bonchev–Trinajstić information content (AvgIpc) is 2.96. The number of benzene rings is 1. The van der Waals surface area contributed by atoms with Gasteiger partial charge in [0.1, 0.15) is 11.5 Å². The molecule has 3 nitrogen and oxygen atoms in total. The molecule has 0 amide bonds. The standard InChI is InChI=1S/C18H12FN3/c19-14-9-7-13(8-10-14)17-16-6-2-4-12-22(16)21-18(17)15-5-1-3-11-20-15/h1-12H. The molecule has 4 aromatic rings. The second kappa shape index (κ2) is 5.07. The normalized spacial score (nSPS) is 11.0. The first-order valence-corrected chi connectivity index (χ1v) is 6.97. The summed E-state index contributed by atoms with van der Waals surface area (Å²) < 4.78 is 15.1. The van der Waals surface area contributed by atoms with Crippen LogP contribution in [0.15, 0.2) is 73.1 Å². The van der Waals surface area contributed by atoms with Crippen LogP contribution >= 0.6 is 0 Å². The fourth-order valence-corrected chi connectivity index (χ4v) is 2.58. The molecular formula is C18H12FN3. The summed E-state index contributed by atoms with van der Waals surface area (Å²) in [5.74, 6) is -0.250. The van der Waals surface area contributed by atoms with Crippen molar-refractivity contribution in [1.29, 1.82) is 0 Å². The van der Waals surface area contributed by atoms with Crippen LogP contribution in [0.3, 0.4) is 0 Å². The van der Waals surface area contributed by atoms with Crippen molar-refractivity contribution >= 4 is 5.52 Å². The van der Waals surface area contributed by atoms with E-state index in [1.165, 1.54) is 12.1 Å². The number of hydrogen-bond donors (Lipinski definition) is 0. The van der Waals surface area contributed by atoms with E-state index in [1.807, 2.05) is 47.1 Å². The van der Waals surface area contributed by atoms with Gasteiger partial charge >= 0.3 is 0 Å². The molecule has 0 saturated heterocycles. The monoisotopic (exact) mass is 289 g/mol. The second-order valence-corrected chi connectivity index (χ2v) is 4.98. The van der Waals surface area contributed by atoms with Crippen LogP contribution in [0.25, 0.3) is 28.0 Å². The lowest BCUT2D eigenvalue weighted by molar-refractivity contribution is 0.628. The van der Waals surface area contributed by atoms with Crippen LogP contribution in [0.2, 0.25) is 0 Å². The minimum absolute atomic E-state index is 0.250. The van der Waals surface area contributed by atoms with Crippen LogP contribution in [0.5, 0.6) is 0 Å². The number of rotatable bonds is 2. The number of aromatic nitrogens is 3. The van der Waals surface area contributed by atoms with Crippen LogP contribution in [-0.4, -0.2) is 14.6 Å². The Labute approximate surface area is 126 Å². The largest absolute Gasteiger partial charge is 0.255 e. The number of hydrogen-bond acceptors (Lipinski definition) is 2. The van der Waals surface area contributed by atoms with E-state index in [4.69, 9.17) is 0 Å². The predicted molar refractivity (Wildman–Crippen MR) is 83.8 cm³/mol. The van der Waals surface area contributed by atoms with E-state index in [2.05, 4.69) is 10.1 Å². The highest BCUT2D eigenvalue weighted by Gasteiger charge is 2.16. The molecule has 0 radical (unpaired) electrons. The van der Waals surface area contributed by atoms with E-state index in [-0.39, 0.29) is 5.82 Å². The Morgan fingerprint density at radius 3 is 2.45 bits per heavy atom. The van der Waals surface area contributed by atoms with Gasteiger partial charge in [-0.15, -0.1) is 0 Å². The minimum atomic E-state index is -0.250. The van der Waals surface area contributed by atoms with Crippen LogP contribution in [-0.2, 0) is 0 Å². The first-order chi connectivity index (χ1) is 10.8. The third kappa shape index (κ3) is 2.05. The lowest BCUT2D eigenvalue weighted by atomic mass is 10.0. The molecule has 0 aliphatic heterocycles. The van der Waals surface area contributed by atoms with Gasteiger partial charge in [-0.25, -0.2) is 8.91 Å². The lowest BCUT2D eigenvalue weighted by Crippen LogP contribution is -1.87. The Morgan fingerprint density at radius 2 is 1.68 bits per heavy atom. The van der Waals surface area contributed by atoms with Gasteiger partial charge in [0.25, 0.3) is 0 Å². The van der Waals surface area contributed by atoms with Gasteiger partial charge in [-0.3, -0.25) is 4.98 Å². The Bertz CT molecular complexity index is 928. The molecule has 22 heavy (non-hydrogen) atoms. The molecule has 0 fully saturated rings. The summed E-state index contributed by atoms with van der Waals surface area (Å²) in [5.41, 5.74) is 4.43. The number of fused-ring (bicyclic) bond motifs is 1. The van der Waals surface area contributed by atoms with Crippen LogP contribution in [0, 0.1) is 5.82 Å². The van der Waals surface area contributed by atoms with Crippen molar-refractivity contribution in [3.8, 4) is 22.5 Å². The molecule has 4 heteroatoms. The van der Waals surface area contributed by atoms with Crippen LogP contribution in [0.4, 0.5) is 4.39 Å². The fourth-order valence-electron chi connectivity index (χ4n) is 2.58. The Hall–Kier alpha value is -3.01. The average molecular weight is 289 g/mol. The van der Waals surface area contributed by atoms with Gasteiger partial charge < -0.3 is 0 Å². The fraction of sp³-hybridized carbons (Fsp3) is 0. The quantitative estimate of drug-likeness (QED) is 0.553. The maximum absolute atomic E-state index is 13.2. The number of pyridine rings is 2. The zero-order valence-corrected chi connectivity index (χ0v) is 11.6. The number of nitrogens with zero attached hydrogens (tertiary/aromatic N) is 3. The third-order valence-electron chi connectivity index (χ3n) is 3.58. The zero-order valence-electron chi connectivity index (χ0n) is 11.6. The maximum atomic E-state index is 13.2. The summed E-state index contributed by atoms with van der Waals surface area (Å²) in [6.07, 6.45) is 3.64. The zero-order chi connectivity index (χ0) is 14.9. The van der Waals surface area contributed by atoms with E-state index < -0.39 is 0 Å². The lowest BCUT2D eigenvalue weighted by Gasteiger charge is -2.03. The van der Waals surface area contributed by atoms with Crippen molar-refractivity contribution in [3.05, 3.63) is 78.9 Å². The minimum Gasteiger partial charge on any atom is -0.255 e. The molecule has 0 spiro atoms. The molecule has 106 valence electrons. The molecule has 3 aromatic heterocycles. The van der Waals surface area contributed by atoms with Crippen molar-refractivity contribution in [2.45, 2.75) is 0 Å². The van der Waals surface area contributed by atoms with Crippen LogP contribution < -0.4 is 0 Å². The van der Waals surface area contributed by atoms with Gasteiger partial charge in [0.2, 0.25) is 0 Å². The van der Waals surface area contributed by atoms with Gasteiger partial charge in [0.05, 0.1) is 11.2 Å². The van der Waals surface area contributed by atoms with E-state index >= 15 is 0 Å². The van der Waals surface area contributed by atoms with E-state index in [0.29, 0.717) is 0 Å². The van der Waals surface area contributed by atoms with Gasteiger partial charge in [0.15, 0.2) is 0 Å². The summed E-state index contributed by atoms with van der Waals surface area (Å²) in [6.45, 7) is 0. The molecule has 0 unspecified atom stereocenters. The van der Waals surface area contributed by atoms with E-state index in [0.717, 1.165) is 28.0 Å². The second-order valence-electron chi connectivity index (χ2n) is 4.98. The summed E-state index contributed by atoms with van der Waals surface area (Å²) in [4.78, 5) is 4.40. The SMILES string of the molecule is Fc1ccc(-c2c(-c3ccccn3)nn3ccccc23)cc1. The molecule has 0 bridgehead atoms. The summed E-state index contributed by atoms with van der Waals surface area (Å²) in [6, 6.07) is 18.1. The van der Waals surface area contributed by atoms with Crippen molar-refractivity contribution in [2.75, 3.05) is 0 Å². The Kier molecular flexibility index (Phi) is 2.93. The van der Waals surface area contributed by atoms with Gasteiger partial charge in [-0.1, -0.05) is 24.3 Å². The Balaban J connectivity index is 2.04. The van der Waals surface area contributed by atoms with Gasteiger partial charge in [0, 0.05) is 18.0 Å². The maximum Gasteiger partial charge on any atom is 0.123 e. The van der Waals surface area contributed by atoms with Crippen molar-refractivity contribution in [1.82, 2.24) is 14.6 Å². The molecule has 3 heterocycles. The molecule has 0 saturated carbocycles. The highest BCUT2D eigenvalue weighted by atomic mass is 19.1. The van der Waals surface area contributed by atoms with Crippen molar-refractivity contribution in [3.63, 3.8) is 0 Å². The summed E-state index contributed by atoms with van der Waals surface area (Å²) in [5, 5.41) is 4.64. The first kappa shape index (κ1) is 12.7. The van der Waals surface area contributed by atoms with Crippen molar-refractivity contribution < 1.29 is 4.39 Å². The Morgan fingerprint density at radius 1 is 0.864 bits per heavy atom. The van der Waals surface area contributed by atoms with Crippen LogP contribution in [0.1, 0.15) is 0 Å². The molecule has 0 N–H and O–H groups in total. The summed E-state index contributed by atoms with van der Waals surface area (Å²) in [7, 11) is 0. The molecule has 1 aromatic carbocycles. The van der Waals surface area contributed by atoms with E-state index in [9.17, 15) is 4.39 Å². The molecular weight excluding hydrogens is 277 g/mol. The molecule has 4 rings (SSSR count). The predicted octanol–water partition coefficient (Wildman–Crippen LogP) is 4.20. The smallest absolute Gasteiger partial charge is 0.123 e.